The first-order valence-corrected chi connectivity index (χ1v) is 8.29. The van der Waals surface area contributed by atoms with Crippen molar-refractivity contribution in [3.05, 3.63) is 34.3 Å². The highest BCUT2D eigenvalue weighted by Gasteiger charge is 2.25. The lowest BCUT2D eigenvalue weighted by Crippen LogP contribution is -2.49. The smallest absolute Gasteiger partial charge is 0.234 e. The van der Waals surface area contributed by atoms with Gasteiger partial charge in [-0.25, -0.2) is 0 Å². The molecule has 116 valence electrons. The van der Waals surface area contributed by atoms with Gasteiger partial charge in [0.2, 0.25) is 5.91 Å². The van der Waals surface area contributed by atoms with E-state index < -0.39 is 0 Å². The van der Waals surface area contributed by atoms with Gasteiger partial charge in [0.05, 0.1) is 12.6 Å². The Labute approximate surface area is 135 Å². The van der Waals surface area contributed by atoms with Gasteiger partial charge in [-0.2, -0.15) is 0 Å². The molecule has 3 atom stereocenters. The van der Waals surface area contributed by atoms with E-state index in [9.17, 15) is 4.79 Å². The zero-order valence-electron chi connectivity index (χ0n) is 12.7. The minimum atomic E-state index is 0.0213. The summed E-state index contributed by atoms with van der Waals surface area (Å²) in [6.45, 7) is 5.51. The number of hydrogen-bond acceptors (Lipinski definition) is 3. The number of amides is 1. The first-order chi connectivity index (χ1) is 9.95. The molecule has 0 bridgehead atoms. The molecular weight excluding hydrogens is 330 g/mol. The van der Waals surface area contributed by atoms with Crippen LogP contribution in [0.15, 0.2) is 28.7 Å². The lowest BCUT2D eigenvalue weighted by molar-refractivity contribution is -0.123. The molecule has 4 nitrogen and oxygen atoms in total. The maximum atomic E-state index is 12.2. The Balaban J connectivity index is 1.85. The van der Waals surface area contributed by atoms with E-state index in [1.165, 1.54) is 0 Å². The average molecular weight is 354 g/mol. The largest absolute Gasteiger partial charge is 0.348 e. The van der Waals surface area contributed by atoms with E-state index in [1.54, 1.807) is 0 Å². The zero-order valence-corrected chi connectivity index (χ0v) is 14.3. The number of likely N-dealkylation sites (tertiary alicyclic amines) is 1. The van der Waals surface area contributed by atoms with Crippen LogP contribution < -0.4 is 11.1 Å². The third kappa shape index (κ3) is 4.80. The Morgan fingerprint density at radius 2 is 2.14 bits per heavy atom. The number of hydrogen-bond donors (Lipinski definition) is 2. The molecule has 1 amide bonds. The van der Waals surface area contributed by atoms with E-state index in [4.69, 9.17) is 5.73 Å². The molecule has 1 fully saturated rings. The van der Waals surface area contributed by atoms with Crippen molar-refractivity contribution in [2.24, 2.45) is 5.73 Å². The van der Waals surface area contributed by atoms with Crippen molar-refractivity contribution < 1.29 is 4.79 Å². The summed E-state index contributed by atoms with van der Waals surface area (Å²) < 4.78 is 1.04. The van der Waals surface area contributed by atoms with Crippen LogP contribution in [0.25, 0.3) is 0 Å². The average Bonchev–Trinajstić information content (AvgIpc) is 2.42. The summed E-state index contributed by atoms with van der Waals surface area (Å²) in [4.78, 5) is 14.4. The number of nitrogens with zero attached hydrogens (tertiary/aromatic N) is 1. The normalized spacial score (nSPS) is 24.6. The summed E-state index contributed by atoms with van der Waals surface area (Å²) in [6, 6.07) is 8.71. The quantitative estimate of drug-likeness (QED) is 0.873. The molecule has 3 N–H and O–H groups in total. The zero-order chi connectivity index (χ0) is 15.4. The summed E-state index contributed by atoms with van der Waals surface area (Å²) in [5, 5.41) is 3.07. The van der Waals surface area contributed by atoms with Gasteiger partial charge in [0.25, 0.3) is 0 Å². The minimum absolute atomic E-state index is 0.0213. The van der Waals surface area contributed by atoms with Crippen molar-refractivity contribution in [1.29, 1.82) is 0 Å². The molecule has 1 heterocycles. The number of carbonyl (C=O) groups excluding carboxylic acids is 1. The van der Waals surface area contributed by atoms with Gasteiger partial charge in [-0.3, -0.25) is 9.69 Å². The molecule has 5 heteroatoms. The topological polar surface area (TPSA) is 58.4 Å². The van der Waals surface area contributed by atoms with Gasteiger partial charge in [0, 0.05) is 23.1 Å². The van der Waals surface area contributed by atoms with Crippen LogP contribution in [0.1, 0.15) is 38.3 Å². The lowest BCUT2D eigenvalue weighted by Gasteiger charge is -2.36. The summed E-state index contributed by atoms with van der Waals surface area (Å²) in [5.74, 6) is 0.0766. The summed E-state index contributed by atoms with van der Waals surface area (Å²) in [6.07, 6.45) is 1.94. The Hall–Kier alpha value is -0.910. The maximum absolute atomic E-state index is 12.2. The molecule has 0 spiro atoms. The van der Waals surface area contributed by atoms with Crippen molar-refractivity contribution in [2.45, 2.75) is 44.8 Å². The predicted molar refractivity (Wildman–Crippen MR) is 88.9 cm³/mol. The molecule has 0 radical (unpaired) electrons. The number of piperidine rings is 1. The van der Waals surface area contributed by atoms with Crippen LogP contribution in [-0.2, 0) is 4.79 Å². The van der Waals surface area contributed by atoms with Crippen molar-refractivity contribution >= 4 is 21.8 Å². The van der Waals surface area contributed by atoms with Crippen molar-refractivity contribution in [3.63, 3.8) is 0 Å². The summed E-state index contributed by atoms with van der Waals surface area (Å²) >= 11 is 3.42. The number of rotatable bonds is 4. The van der Waals surface area contributed by atoms with Crippen LogP contribution in [0.3, 0.4) is 0 Å². The first-order valence-electron chi connectivity index (χ1n) is 7.50. The second-order valence-corrected chi connectivity index (χ2v) is 6.86. The van der Waals surface area contributed by atoms with Crippen LogP contribution in [0, 0.1) is 0 Å². The van der Waals surface area contributed by atoms with Crippen molar-refractivity contribution in [2.75, 3.05) is 13.1 Å². The Morgan fingerprint density at radius 3 is 2.76 bits per heavy atom. The monoisotopic (exact) mass is 353 g/mol. The molecule has 3 unspecified atom stereocenters. The Kier molecular flexibility index (Phi) is 5.79. The van der Waals surface area contributed by atoms with Gasteiger partial charge in [-0.1, -0.05) is 28.1 Å². The van der Waals surface area contributed by atoms with Crippen LogP contribution in [0.2, 0.25) is 0 Å². The van der Waals surface area contributed by atoms with Crippen LogP contribution in [-0.4, -0.2) is 36.0 Å². The molecular formula is C16H24BrN3O. The fourth-order valence-corrected chi connectivity index (χ4v) is 3.06. The van der Waals surface area contributed by atoms with Crippen molar-refractivity contribution in [1.82, 2.24) is 10.2 Å². The minimum Gasteiger partial charge on any atom is -0.348 e. The fraction of sp³-hybridized carbons (Fsp3) is 0.562. The third-order valence-corrected chi connectivity index (χ3v) is 4.68. The van der Waals surface area contributed by atoms with Gasteiger partial charge in [-0.15, -0.1) is 0 Å². The molecule has 1 aromatic carbocycles. The molecule has 0 aliphatic carbocycles. The molecule has 1 aromatic rings. The number of carbonyl (C=O) groups is 1. The number of nitrogens with one attached hydrogen (secondary N) is 1. The lowest BCUT2D eigenvalue weighted by atomic mass is 9.99. The SMILES string of the molecule is CC(NC(=O)CN1CCC(N)CC1C)c1ccc(Br)cc1. The Morgan fingerprint density at radius 1 is 1.48 bits per heavy atom. The van der Waals surface area contributed by atoms with E-state index in [1.807, 2.05) is 31.2 Å². The number of halogens is 1. The maximum Gasteiger partial charge on any atom is 0.234 e. The highest BCUT2D eigenvalue weighted by Crippen LogP contribution is 2.18. The molecule has 21 heavy (non-hydrogen) atoms. The standard InChI is InChI=1S/C16H24BrN3O/c1-11-9-15(18)7-8-20(11)10-16(21)19-12(2)13-3-5-14(17)6-4-13/h3-6,11-12,15H,7-10,18H2,1-2H3,(H,19,21). The van der Waals surface area contributed by atoms with Gasteiger partial charge < -0.3 is 11.1 Å². The third-order valence-electron chi connectivity index (χ3n) is 4.15. The van der Waals surface area contributed by atoms with Crippen LogP contribution in [0.4, 0.5) is 0 Å². The first kappa shape index (κ1) is 16.5. The van der Waals surface area contributed by atoms with E-state index >= 15 is 0 Å². The molecule has 0 aromatic heterocycles. The highest BCUT2D eigenvalue weighted by molar-refractivity contribution is 9.10. The summed E-state index contributed by atoms with van der Waals surface area (Å²) in [5.41, 5.74) is 7.07. The van der Waals surface area contributed by atoms with E-state index in [0.29, 0.717) is 12.6 Å². The summed E-state index contributed by atoms with van der Waals surface area (Å²) in [7, 11) is 0. The predicted octanol–water partition coefficient (Wildman–Crippen LogP) is 2.44. The highest BCUT2D eigenvalue weighted by atomic mass is 79.9. The fourth-order valence-electron chi connectivity index (χ4n) is 2.80. The van der Waals surface area contributed by atoms with Crippen LogP contribution in [0.5, 0.6) is 0 Å². The van der Waals surface area contributed by atoms with Crippen LogP contribution >= 0.6 is 15.9 Å². The molecule has 0 saturated carbocycles. The number of benzene rings is 1. The van der Waals surface area contributed by atoms with Gasteiger partial charge >= 0.3 is 0 Å². The van der Waals surface area contributed by atoms with E-state index in [0.717, 1.165) is 29.4 Å². The van der Waals surface area contributed by atoms with Gasteiger partial charge in [0.15, 0.2) is 0 Å². The van der Waals surface area contributed by atoms with E-state index in [2.05, 4.69) is 33.1 Å². The molecule has 1 aliphatic rings. The van der Waals surface area contributed by atoms with E-state index in [-0.39, 0.29) is 18.0 Å². The second-order valence-electron chi connectivity index (χ2n) is 5.94. The second kappa shape index (κ2) is 7.38. The van der Waals surface area contributed by atoms with Gasteiger partial charge in [-0.05, 0) is 44.4 Å². The molecule has 1 saturated heterocycles. The Bertz CT molecular complexity index is 477. The molecule has 1 aliphatic heterocycles. The van der Waals surface area contributed by atoms with Gasteiger partial charge in [0.1, 0.15) is 0 Å². The van der Waals surface area contributed by atoms with Crippen molar-refractivity contribution in [3.8, 4) is 0 Å². The molecule has 2 rings (SSSR count). The number of nitrogens with two attached hydrogens (primary N) is 1.